The Morgan fingerprint density at radius 3 is 2.74 bits per heavy atom. The third-order valence-electron chi connectivity index (χ3n) is 4.04. The standard InChI is InChI=1S/C20H18N4OS2/c1-14-21-10-16(27-14)11-22-20(25)17-13-24(12-15-6-3-2-4-7-15)23-19(17)18-8-5-9-26-18/h2-10,13H,11-12H2,1H3,(H,22,25). The van der Waals surface area contributed by atoms with Crippen molar-refractivity contribution in [3.63, 3.8) is 0 Å². The number of rotatable bonds is 6. The van der Waals surface area contributed by atoms with Gasteiger partial charge in [0.25, 0.3) is 5.91 Å². The molecule has 3 heterocycles. The molecule has 0 fully saturated rings. The van der Waals surface area contributed by atoms with E-state index in [1.807, 2.05) is 53.5 Å². The Kier molecular flexibility index (Phi) is 5.13. The number of carbonyl (C=O) groups excluding carboxylic acids is 1. The van der Waals surface area contributed by atoms with Crippen LogP contribution in [-0.4, -0.2) is 20.7 Å². The molecule has 1 N–H and O–H groups in total. The van der Waals surface area contributed by atoms with Crippen molar-refractivity contribution in [2.75, 3.05) is 0 Å². The number of nitrogens with zero attached hydrogens (tertiary/aromatic N) is 3. The van der Waals surface area contributed by atoms with E-state index in [0.29, 0.717) is 18.7 Å². The highest BCUT2D eigenvalue weighted by atomic mass is 32.1. The fourth-order valence-electron chi connectivity index (χ4n) is 2.78. The van der Waals surface area contributed by atoms with E-state index in [9.17, 15) is 4.79 Å². The van der Waals surface area contributed by atoms with E-state index in [2.05, 4.69) is 27.5 Å². The highest BCUT2D eigenvalue weighted by molar-refractivity contribution is 7.13. The summed E-state index contributed by atoms with van der Waals surface area (Å²) in [7, 11) is 0. The largest absolute Gasteiger partial charge is 0.347 e. The molecule has 0 saturated carbocycles. The SMILES string of the molecule is Cc1ncc(CNC(=O)c2cn(Cc3ccccc3)nc2-c2cccs2)s1. The number of hydrogen-bond donors (Lipinski definition) is 1. The second-order valence-electron chi connectivity index (χ2n) is 6.08. The molecule has 4 aromatic rings. The van der Waals surface area contributed by atoms with Crippen LogP contribution in [0.25, 0.3) is 10.6 Å². The maximum absolute atomic E-state index is 12.8. The molecule has 136 valence electrons. The van der Waals surface area contributed by atoms with Gasteiger partial charge in [-0.05, 0) is 23.9 Å². The van der Waals surface area contributed by atoms with Gasteiger partial charge in [0.1, 0.15) is 5.69 Å². The fraction of sp³-hybridized carbons (Fsp3) is 0.150. The maximum atomic E-state index is 12.8. The Balaban J connectivity index is 1.58. The quantitative estimate of drug-likeness (QED) is 0.529. The van der Waals surface area contributed by atoms with E-state index in [1.54, 1.807) is 28.9 Å². The van der Waals surface area contributed by atoms with Crippen LogP contribution in [-0.2, 0) is 13.1 Å². The van der Waals surface area contributed by atoms with Crippen LogP contribution in [0.15, 0.2) is 60.2 Å². The van der Waals surface area contributed by atoms with E-state index in [-0.39, 0.29) is 5.91 Å². The summed E-state index contributed by atoms with van der Waals surface area (Å²) in [4.78, 5) is 19.1. The number of hydrogen-bond acceptors (Lipinski definition) is 5. The predicted molar refractivity (Wildman–Crippen MR) is 109 cm³/mol. The number of aromatic nitrogens is 3. The Hall–Kier alpha value is -2.77. The van der Waals surface area contributed by atoms with E-state index in [0.717, 1.165) is 26.0 Å². The van der Waals surface area contributed by atoms with Crippen LogP contribution in [0, 0.1) is 6.92 Å². The van der Waals surface area contributed by atoms with Gasteiger partial charge in [0.2, 0.25) is 0 Å². The number of aryl methyl sites for hydroxylation is 1. The number of nitrogens with one attached hydrogen (secondary N) is 1. The average Bonchev–Trinajstić information content (AvgIpc) is 3.41. The summed E-state index contributed by atoms with van der Waals surface area (Å²) in [5.74, 6) is -0.122. The van der Waals surface area contributed by atoms with Gasteiger partial charge in [-0.1, -0.05) is 36.4 Å². The summed E-state index contributed by atoms with van der Waals surface area (Å²) in [6.07, 6.45) is 3.63. The minimum absolute atomic E-state index is 0.122. The fourth-order valence-corrected chi connectivity index (χ4v) is 4.24. The zero-order chi connectivity index (χ0) is 18.6. The topological polar surface area (TPSA) is 59.8 Å². The molecule has 0 aliphatic carbocycles. The van der Waals surface area contributed by atoms with Gasteiger partial charge in [0.05, 0.1) is 28.5 Å². The molecule has 27 heavy (non-hydrogen) atoms. The lowest BCUT2D eigenvalue weighted by molar-refractivity contribution is 0.0952. The first-order chi connectivity index (χ1) is 13.2. The van der Waals surface area contributed by atoms with Gasteiger partial charge in [-0.15, -0.1) is 22.7 Å². The Bertz CT molecular complexity index is 1040. The van der Waals surface area contributed by atoms with Gasteiger partial charge >= 0.3 is 0 Å². The molecule has 1 amide bonds. The molecule has 7 heteroatoms. The second-order valence-corrected chi connectivity index (χ2v) is 8.35. The van der Waals surface area contributed by atoms with E-state index < -0.39 is 0 Å². The van der Waals surface area contributed by atoms with Gasteiger partial charge in [0, 0.05) is 17.3 Å². The highest BCUT2D eigenvalue weighted by Gasteiger charge is 2.19. The van der Waals surface area contributed by atoms with Crippen molar-refractivity contribution in [3.8, 4) is 10.6 Å². The normalized spacial score (nSPS) is 10.9. The number of benzene rings is 1. The van der Waals surface area contributed by atoms with E-state index >= 15 is 0 Å². The molecule has 0 aliphatic rings. The predicted octanol–water partition coefficient (Wildman–Crippen LogP) is 4.35. The highest BCUT2D eigenvalue weighted by Crippen LogP contribution is 2.27. The Labute approximate surface area is 165 Å². The number of amides is 1. The lowest BCUT2D eigenvalue weighted by Gasteiger charge is -2.02. The van der Waals surface area contributed by atoms with Crippen LogP contribution < -0.4 is 5.32 Å². The van der Waals surface area contributed by atoms with Gasteiger partial charge in [0.15, 0.2) is 0 Å². The first-order valence-corrected chi connectivity index (χ1v) is 10.2. The zero-order valence-corrected chi connectivity index (χ0v) is 16.4. The second kappa shape index (κ2) is 7.85. The van der Waals surface area contributed by atoms with Crippen molar-refractivity contribution in [3.05, 3.63) is 81.2 Å². The monoisotopic (exact) mass is 394 g/mol. The van der Waals surface area contributed by atoms with Gasteiger partial charge < -0.3 is 5.32 Å². The first-order valence-electron chi connectivity index (χ1n) is 8.54. The van der Waals surface area contributed by atoms with Crippen molar-refractivity contribution >= 4 is 28.6 Å². The molecule has 1 aromatic carbocycles. The molecule has 0 saturated heterocycles. The van der Waals surface area contributed by atoms with E-state index in [4.69, 9.17) is 0 Å². The smallest absolute Gasteiger partial charge is 0.255 e. The van der Waals surface area contributed by atoms with Crippen molar-refractivity contribution in [2.45, 2.75) is 20.0 Å². The molecule has 0 atom stereocenters. The van der Waals surface area contributed by atoms with Crippen LogP contribution in [0.1, 0.15) is 25.8 Å². The summed E-state index contributed by atoms with van der Waals surface area (Å²) < 4.78 is 1.83. The molecule has 5 nitrogen and oxygen atoms in total. The molecule has 0 spiro atoms. The molecular weight excluding hydrogens is 376 g/mol. The van der Waals surface area contributed by atoms with Crippen molar-refractivity contribution in [2.24, 2.45) is 0 Å². The van der Waals surface area contributed by atoms with E-state index in [1.165, 1.54) is 0 Å². The molecule has 3 aromatic heterocycles. The molecule has 0 unspecified atom stereocenters. The summed E-state index contributed by atoms with van der Waals surface area (Å²) in [6, 6.07) is 14.1. The Morgan fingerprint density at radius 2 is 2.04 bits per heavy atom. The molecule has 0 aliphatic heterocycles. The lowest BCUT2D eigenvalue weighted by Crippen LogP contribution is -2.22. The van der Waals surface area contributed by atoms with Crippen LogP contribution >= 0.6 is 22.7 Å². The van der Waals surface area contributed by atoms with Gasteiger partial charge in [-0.25, -0.2) is 4.98 Å². The average molecular weight is 395 g/mol. The minimum atomic E-state index is -0.122. The number of thiophene rings is 1. The first kappa shape index (κ1) is 17.6. The molecular formula is C20H18N4OS2. The van der Waals surface area contributed by atoms with Crippen molar-refractivity contribution in [1.82, 2.24) is 20.1 Å². The summed E-state index contributed by atoms with van der Waals surface area (Å²) >= 11 is 3.17. The molecule has 0 radical (unpaired) electrons. The van der Waals surface area contributed by atoms with Crippen molar-refractivity contribution in [1.29, 1.82) is 0 Å². The minimum Gasteiger partial charge on any atom is -0.347 e. The van der Waals surface area contributed by atoms with Crippen molar-refractivity contribution < 1.29 is 4.79 Å². The molecule has 4 rings (SSSR count). The third-order valence-corrected chi connectivity index (χ3v) is 5.83. The van der Waals surface area contributed by atoms with Crippen LogP contribution in [0.5, 0.6) is 0 Å². The summed E-state index contributed by atoms with van der Waals surface area (Å²) in [6.45, 7) is 3.05. The lowest BCUT2D eigenvalue weighted by atomic mass is 10.2. The number of thiazole rings is 1. The van der Waals surface area contributed by atoms with Crippen LogP contribution in [0.2, 0.25) is 0 Å². The summed E-state index contributed by atoms with van der Waals surface area (Å²) in [5, 5.41) is 10.7. The zero-order valence-electron chi connectivity index (χ0n) is 14.8. The Morgan fingerprint density at radius 1 is 1.19 bits per heavy atom. The van der Waals surface area contributed by atoms with Gasteiger partial charge in [-0.2, -0.15) is 5.10 Å². The number of carbonyl (C=O) groups is 1. The van der Waals surface area contributed by atoms with Gasteiger partial charge in [-0.3, -0.25) is 9.48 Å². The van der Waals surface area contributed by atoms with Crippen LogP contribution in [0.4, 0.5) is 0 Å². The molecule has 0 bridgehead atoms. The third kappa shape index (κ3) is 4.15. The van der Waals surface area contributed by atoms with Crippen LogP contribution in [0.3, 0.4) is 0 Å². The summed E-state index contributed by atoms with van der Waals surface area (Å²) in [5.41, 5.74) is 2.46. The maximum Gasteiger partial charge on any atom is 0.255 e.